The van der Waals surface area contributed by atoms with Gasteiger partial charge in [-0.15, -0.1) is 0 Å². The van der Waals surface area contributed by atoms with Crippen LogP contribution in [0.1, 0.15) is 78.1 Å². The fourth-order valence-electron chi connectivity index (χ4n) is 5.77. The average Bonchev–Trinajstić information content (AvgIpc) is 2.65. The minimum atomic E-state index is -0.160. The first-order chi connectivity index (χ1) is 12.6. The molecule has 27 heavy (non-hydrogen) atoms. The van der Waals surface area contributed by atoms with Crippen molar-refractivity contribution in [3.8, 4) is 0 Å². The Bertz CT molecular complexity index is 576. The number of carbonyl (C=O) groups excluding carboxylic acids is 2. The van der Waals surface area contributed by atoms with E-state index in [1.807, 2.05) is 4.90 Å². The molecule has 1 unspecified atom stereocenters. The van der Waals surface area contributed by atoms with Crippen molar-refractivity contribution in [3.05, 3.63) is 11.6 Å². The molecule has 5 nitrogen and oxygen atoms in total. The molecule has 0 spiro atoms. The minimum Gasteiger partial charge on any atom is -0.337 e. The normalized spacial score (nSPS) is 32.4. The number of urea groups is 1. The molecule has 0 aromatic heterocycles. The third-order valence-electron chi connectivity index (χ3n) is 7.15. The monoisotopic (exact) mass is 375 g/mol. The maximum atomic E-state index is 12.5. The van der Waals surface area contributed by atoms with Crippen LogP contribution >= 0.6 is 0 Å². The van der Waals surface area contributed by atoms with Gasteiger partial charge in [0.05, 0.1) is 6.54 Å². The summed E-state index contributed by atoms with van der Waals surface area (Å²) in [7, 11) is 0. The van der Waals surface area contributed by atoms with Crippen LogP contribution in [0.5, 0.6) is 0 Å². The van der Waals surface area contributed by atoms with Crippen LogP contribution in [0.2, 0.25) is 0 Å². The summed E-state index contributed by atoms with van der Waals surface area (Å²) in [4.78, 5) is 26.9. The van der Waals surface area contributed by atoms with Crippen LogP contribution in [0.4, 0.5) is 4.79 Å². The largest absolute Gasteiger partial charge is 0.337 e. The second-order valence-corrected chi connectivity index (χ2v) is 8.95. The van der Waals surface area contributed by atoms with Crippen LogP contribution in [0.15, 0.2) is 11.6 Å². The summed E-state index contributed by atoms with van der Waals surface area (Å²) in [5.74, 6) is 1.52. The van der Waals surface area contributed by atoms with Crippen molar-refractivity contribution in [2.75, 3.05) is 19.6 Å². The van der Waals surface area contributed by atoms with Crippen molar-refractivity contribution >= 4 is 11.9 Å². The molecule has 152 valence electrons. The lowest BCUT2D eigenvalue weighted by atomic mass is 9.67. The number of amides is 3. The Balaban J connectivity index is 0.00000210. The van der Waals surface area contributed by atoms with Crippen LogP contribution in [0.25, 0.3) is 0 Å². The first-order valence-corrected chi connectivity index (χ1v) is 10.7. The minimum absolute atomic E-state index is 0. The second kappa shape index (κ2) is 8.66. The summed E-state index contributed by atoms with van der Waals surface area (Å²) < 4.78 is 0. The van der Waals surface area contributed by atoms with Crippen molar-refractivity contribution < 1.29 is 9.59 Å². The Morgan fingerprint density at radius 2 is 1.89 bits per heavy atom. The van der Waals surface area contributed by atoms with Gasteiger partial charge in [-0.05, 0) is 56.8 Å². The number of fused-ring (bicyclic) bond motifs is 3. The van der Waals surface area contributed by atoms with E-state index in [4.69, 9.17) is 0 Å². The first kappa shape index (κ1) is 20.2. The van der Waals surface area contributed by atoms with Crippen molar-refractivity contribution in [3.63, 3.8) is 0 Å². The van der Waals surface area contributed by atoms with Gasteiger partial charge < -0.3 is 15.5 Å². The van der Waals surface area contributed by atoms with E-state index in [-0.39, 0.29) is 31.4 Å². The molecule has 0 aromatic carbocycles. The van der Waals surface area contributed by atoms with E-state index < -0.39 is 0 Å². The van der Waals surface area contributed by atoms with Crippen molar-refractivity contribution in [1.82, 2.24) is 15.5 Å². The van der Waals surface area contributed by atoms with Crippen LogP contribution in [0, 0.1) is 11.8 Å². The van der Waals surface area contributed by atoms with Gasteiger partial charge in [-0.2, -0.15) is 0 Å². The molecule has 2 saturated carbocycles. The van der Waals surface area contributed by atoms with E-state index in [1.165, 1.54) is 44.1 Å². The van der Waals surface area contributed by atoms with Gasteiger partial charge in [0.25, 0.3) is 0 Å². The van der Waals surface area contributed by atoms with Gasteiger partial charge in [0, 0.05) is 18.6 Å². The van der Waals surface area contributed by atoms with Gasteiger partial charge in [0.2, 0.25) is 5.91 Å². The molecule has 1 heterocycles. The highest BCUT2D eigenvalue weighted by molar-refractivity contribution is 5.84. The molecule has 2 N–H and O–H groups in total. The summed E-state index contributed by atoms with van der Waals surface area (Å²) in [5, 5.41) is 6.07. The average molecular weight is 376 g/mol. The SMILES string of the molecule is C.O=C(NCC(=O)N1CCC2CCCC=C2C1)NC12CCCC(CCC1)C2. The fourth-order valence-corrected chi connectivity index (χ4v) is 5.77. The van der Waals surface area contributed by atoms with Crippen LogP contribution in [-0.2, 0) is 4.79 Å². The van der Waals surface area contributed by atoms with E-state index in [1.54, 1.807) is 0 Å². The number of likely N-dealkylation sites (tertiary alicyclic amines) is 1. The smallest absolute Gasteiger partial charge is 0.315 e. The van der Waals surface area contributed by atoms with Crippen molar-refractivity contribution in [2.45, 2.75) is 83.6 Å². The highest BCUT2D eigenvalue weighted by Gasteiger charge is 2.40. The second-order valence-electron chi connectivity index (χ2n) is 8.95. The summed E-state index contributed by atoms with van der Waals surface area (Å²) >= 11 is 0. The molecule has 2 bridgehead atoms. The molecule has 1 aliphatic heterocycles. The quantitative estimate of drug-likeness (QED) is 0.733. The third kappa shape index (κ3) is 4.67. The van der Waals surface area contributed by atoms with E-state index in [0.29, 0.717) is 5.92 Å². The maximum absolute atomic E-state index is 12.5. The molecule has 5 heteroatoms. The number of nitrogens with one attached hydrogen (secondary N) is 2. The van der Waals surface area contributed by atoms with E-state index in [2.05, 4.69) is 16.7 Å². The Kier molecular flexibility index (Phi) is 6.48. The van der Waals surface area contributed by atoms with Crippen LogP contribution in [0.3, 0.4) is 0 Å². The molecule has 4 aliphatic rings. The fraction of sp³-hybridized carbons (Fsp3) is 0.818. The van der Waals surface area contributed by atoms with Gasteiger partial charge in [0.15, 0.2) is 0 Å². The number of rotatable bonds is 3. The highest BCUT2D eigenvalue weighted by Crippen LogP contribution is 2.42. The number of carbonyl (C=O) groups is 2. The van der Waals surface area contributed by atoms with Gasteiger partial charge >= 0.3 is 6.03 Å². The number of hydrogen-bond acceptors (Lipinski definition) is 2. The maximum Gasteiger partial charge on any atom is 0.315 e. The Labute approximate surface area is 164 Å². The summed E-state index contributed by atoms with van der Waals surface area (Å²) in [5.41, 5.74) is 1.43. The van der Waals surface area contributed by atoms with E-state index >= 15 is 0 Å². The Morgan fingerprint density at radius 1 is 1.11 bits per heavy atom. The van der Waals surface area contributed by atoms with Crippen LogP contribution in [-0.4, -0.2) is 42.0 Å². The summed E-state index contributed by atoms with van der Waals surface area (Å²) in [6, 6.07) is -0.160. The van der Waals surface area contributed by atoms with E-state index in [9.17, 15) is 9.59 Å². The molecule has 4 rings (SSSR count). The summed E-state index contributed by atoms with van der Waals surface area (Å²) in [6.45, 7) is 1.71. The zero-order chi connectivity index (χ0) is 18.0. The van der Waals surface area contributed by atoms with E-state index in [0.717, 1.165) is 51.1 Å². The topological polar surface area (TPSA) is 61.4 Å². The number of allylic oxidation sites excluding steroid dienone is 1. The molecule has 3 fully saturated rings. The first-order valence-electron chi connectivity index (χ1n) is 10.7. The van der Waals surface area contributed by atoms with Crippen molar-refractivity contribution in [1.29, 1.82) is 0 Å². The van der Waals surface area contributed by atoms with Gasteiger partial charge in [0.1, 0.15) is 0 Å². The highest BCUT2D eigenvalue weighted by atomic mass is 16.2. The third-order valence-corrected chi connectivity index (χ3v) is 7.15. The molecule has 3 amide bonds. The van der Waals surface area contributed by atoms with Gasteiger partial charge in [-0.3, -0.25) is 4.79 Å². The van der Waals surface area contributed by atoms with Crippen molar-refractivity contribution in [2.24, 2.45) is 11.8 Å². The number of piperidine rings is 1. The number of hydrogen-bond donors (Lipinski definition) is 2. The lowest BCUT2D eigenvalue weighted by molar-refractivity contribution is -0.130. The van der Waals surface area contributed by atoms with Crippen LogP contribution < -0.4 is 10.6 Å². The number of nitrogens with zero attached hydrogens (tertiary/aromatic N) is 1. The Hall–Kier alpha value is -1.52. The zero-order valence-corrected chi connectivity index (χ0v) is 15.9. The molecule has 0 radical (unpaired) electrons. The predicted molar refractivity (Wildman–Crippen MR) is 108 cm³/mol. The Morgan fingerprint density at radius 3 is 2.67 bits per heavy atom. The standard InChI is InChI=1S/C21H33N3O2.CH4/c25-19(24-12-9-17-7-1-2-8-18(17)15-24)14-22-20(26)23-21-10-3-5-16(13-21)6-4-11-21;/h8,16-17H,1-7,9-15H2,(H2,22,23,26);1H4. The summed E-state index contributed by atoms with van der Waals surface area (Å²) in [6.07, 6.45) is 15.5. The molecule has 1 saturated heterocycles. The predicted octanol–water partition coefficient (Wildman–Crippen LogP) is 3.99. The lowest BCUT2D eigenvalue weighted by Gasteiger charge is -2.45. The van der Waals surface area contributed by atoms with Gasteiger partial charge in [-0.25, -0.2) is 4.79 Å². The lowest BCUT2D eigenvalue weighted by Crippen LogP contribution is -2.57. The molecular weight excluding hydrogens is 338 g/mol. The molecule has 3 aliphatic carbocycles. The van der Waals surface area contributed by atoms with Gasteiger partial charge in [-0.1, -0.05) is 44.8 Å². The molecule has 0 aromatic rings. The molecule has 1 atom stereocenters. The zero-order valence-electron chi connectivity index (χ0n) is 15.9. The molecular formula is C22H37N3O2.